The molecule has 4 nitrogen and oxygen atoms in total. The maximum absolute atomic E-state index is 12.6. The van der Waals surface area contributed by atoms with Crippen LogP contribution in [0.3, 0.4) is 0 Å². The quantitative estimate of drug-likeness (QED) is 0.762. The zero-order valence-corrected chi connectivity index (χ0v) is 15.4. The number of rotatable bonds is 4. The number of hydrogen-bond donors (Lipinski definition) is 0. The molecule has 0 spiro atoms. The Bertz CT molecular complexity index is 860. The normalized spacial score (nSPS) is 15.2. The molecule has 0 aromatic heterocycles. The first-order valence-corrected chi connectivity index (χ1v) is 10.5. The highest BCUT2D eigenvalue weighted by atomic mass is 35.5. The molecule has 2 aromatic carbocycles. The number of sulfone groups is 1. The minimum atomic E-state index is -3.44. The minimum Gasteiger partial charge on any atom is -0.336 e. The SMILES string of the molecule is CSc1ccccc1C(=O)N1CC(S(=O)(=O)c2ccc(Cl)cc2)C1. The van der Waals surface area contributed by atoms with Crippen LogP contribution in [0.4, 0.5) is 0 Å². The summed E-state index contributed by atoms with van der Waals surface area (Å²) in [4.78, 5) is 15.3. The second-order valence-corrected chi connectivity index (χ2v) is 9.04. The van der Waals surface area contributed by atoms with Crippen LogP contribution in [-0.2, 0) is 9.84 Å². The van der Waals surface area contributed by atoms with Gasteiger partial charge >= 0.3 is 0 Å². The number of amides is 1. The molecule has 1 saturated heterocycles. The summed E-state index contributed by atoms with van der Waals surface area (Å²) in [6.45, 7) is 0.430. The summed E-state index contributed by atoms with van der Waals surface area (Å²) < 4.78 is 25.1. The van der Waals surface area contributed by atoms with E-state index in [0.29, 0.717) is 10.6 Å². The second-order valence-electron chi connectivity index (χ2n) is 5.53. The average molecular weight is 382 g/mol. The van der Waals surface area contributed by atoms with Crippen molar-refractivity contribution < 1.29 is 13.2 Å². The number of thioether (sulfide) groups is 1. The van der Waals surface area contributed by atoms with Gasteiger partial charge in [-0.3, -0.25) is 4.79 Å². The molecule has 0 radical (unpaired) electrons. The first-order valence-electron chi connectivity index (χ1n) is 7.35. The van der Waals surface area contributed by atoms with Gasteiger partial charge < -0.3 is 4.90 Å². The van der Waals surface area contributed by atoms with Crippen LogP contribution < -0.4 is 0 Å². The van der Waals surface area contributed by atoms with E-state index in [2.05, 4.69) is 0 Å². The fourth-order valence-corrected chi connectivity index (χ4v) is 4.98. The molecule has 126 valence electrons. The Morgan fingerprint density at radius 2 is 1.75 bits per heavy atom. The molecule has 1 amide bonds. The number of benzene rings is 2. The monoisotopic (exact) mass is 381 g/mol. The molecule has 24 heavy (non-hydrogen) atoms. The summed E-state index contributed by atoms with van der Waals surface area (Å²) in [5, 5.41) is -0.0721. The molecule has 0 atom stereocenters. The zero-order valence-electron chi connectivity index (χ0n) is 13.0. The van der Waals surface area contributed by atoms with Gasteiger partial charge in [0.2, 0.25) is 0 Å². The maximum atomic E-state index is 12.6. The van der Waals surface area contributed by atoms with E-state index in [4.69, 9.17) is 11.6 Å². The third-order valence-electron chi connectivity index (χ3n) is 4.05. The first kappa shape index (κ1) is 17.3. The van der Waals surface area contributed by atoms with Crippen LogP contribution in [0.2, 0.25) is 5.02 Å². The van der Waals surface area contributed by atoms with Crippen molar-refractivity contribution in [1.29, 1.82) is 0 Å². The molecule has 2 aromatic rings. The predicted molar refractivity (Wildman–Crippen MR) is 96.6 cm³/mol. The Kier molecular flexibility index (Phi) is 4.90. The van der Waals surface area contributed by atoms with Gasteiger partial charge in [-0.15, -0.1) is 11.8 Å². The molecular formula is C17H16ClNO3S2. The van der Waals surface area contributed by atoms with E-state index in [0.717, 1.165) is 4.90 Å². The van der Waals surface area contributed by atoms with E-state index < -0.39 is 15.1 Å². The summed E-state index contributed by atoms with van der Waals surface area (Å²) in [5.41, 5.74) is 0.618. The summed E-state index contributed by atoms with van der Waals surface area (Å²) >= 11 is 7.30. The molecule has 0 aliphatic carbocycles. The maximum Gasteiger partial charge on any atom is 0.255 e. The number of likely N-dealkylation sites (tertiary alicyclic amines) is 1. The minimum absolute atomic E-state index is 0.123. The first-order chi connectivity index (χ1) is 11.4. The third kappa shape index (κ3) is 3.18. The van der Waals surface area contributed by atoms with Gasteiger partial charge in [-0.05, 0) is 42.7 Å². The van der Waals surface area contributed by atoms with Crippen molar-refractivity contribution in [3.8, 4) is 0 Å². The van der Waals surface area contributed by atoms with Crippen molar-refractivity contribution in [2.24, 2.45) is 0 Å². The van der Waals surface area contributed by atoms with Crippen LogP contribution in [0.1, 0.15) is 10.4 Å². The molecule has 0 N–H and O–H groups in total. The highest BCUT2D eigenvalue weighted by Crippen LogP contribution is 2.28. The summed E-state index contributed by atoms with van der Waals surface area (Å²) in [6, 6.07) is 13.5. The van der Waals surface area contributed by atoms with Crippen molar-refractivity contribution in [2.75, 3.05) is 19.3 Å². The van der Waals surface area contributed by atoms with Gasteiger partial charge in [0.05, 0.1) is 10.5 Å². The van der Waals surface area contributed by atoms with Crippen molar-refractivity contribution >= 4 is 39.1 Å². The number of halogens is 1. The van der Waals surface area contributed by atoms with E-state index in [9.17, 15) is 13.2 Å². The molecule has 1 heterocycles. The van der Waals surface area contributed by atoms with Gasteiger partial charge in [0, 0.05) is 23.0 Å². The summed E-state index contributed by atoms with van der Waals surface area (Å²) in [5.74, 6) is -0.123. The summed E-state index contributed by atoms with van der Waals surface area (Å²) in [7, 11) is -3.44. The highest BCUT2D eigenvalue weighted by molar-refractivity contribution is 7.98. The molecule has 1 aliphatic rings. The van der Waals surface area contributed by atoms with Crippen molar-refractivity contribution in [3.63, 3.8) is 0 Å². The lowest BCUT2D eigenvalue weighted by molar-refractivity contribution is 0.0655. The largest absolute Gasteiger partial charge is 0.336 e. The Morgan fingerprint density at radius 3 is 2.38 bits per heavy atom. The molecule has 0 unspecified atom stereocenters. The van der Waals surface area contributed by atoms with E-state index in [-0.39, 0.29) is 23.9 Å². The van der Waals surface area contributed by atoms with Crippen LogP contribution in [0.25, 0.3) is 0 Å². The molecule has 0 saturated carbocycles. The predicted octanol–water partition coefficient (Wildman–Crippen LogP) is 3.36. The lowest BCUT2D eigenvalue weighted by Gasteiger charge is -2.38. The number of hydrogen-bond acceptors (Lipinski definition) is 4. The van der Waals surface area contributed by atoms with Gasteiger partial charge in [0.15, 0.2) is 9.84 Å². The van der Waals surface area contributed by atoms with Crippen LogP contribution in [0.15, 0.2) is 58.3 Å². The second kappa shape index (κ2) is 6.78. The van der Waals surface area contributed by atoms with Gasteiger partial charge in [0.25, 0.3) is 5.91 Å². The molecule has 3 rings (SSSR count). The fraction of sp³-hybridized carbons (Fsp3) is 0.235. The fourth-order valence-electron chi connectivity index (χ4n) is 2.61. The average Bonchev–Trinajstić information content (AvgIpc) is 2.53. The lowest BCUT2D eigenvalue weighted by atomic mass is 10.1. The van der Waals surface area contributed by atoms with Gasteiger partial charge in [0.1, 0.15) is 5.25 Å². The molecule has 0 bridgehead atoms. The number of nitrogens with zero attached hydrogens (tertiary/aromatic N) is 1. The van der Waals surface area contributed by atoms with Crippen LogP contribution >= 0.6 is 23.4 Å². The van der Waals surface area contributed by atoms with Crippen molar-refractivity contribution in [2.45, 2.75) is 15.0 Å². The van der Waals surface area contributed by atoms with Gasteiger partial charge in [-0.25, -0.2) is 8.42 Å². The Balaban J connectivity index is 1.73. The van der Waals surface area contributed by atoms with Gasteiger partial charge in [-0.1, -0.05) is 23.7 Å². The lowest BCUT2D eigenvalue weighted by Crippen LogP contribution is -2.56. The standard InChI is InChI=1S/C17H16ClNO3S2/c1-23-16-5-3-2-4-15(16)17(20)19-10-14(11-19)24(21,22)13-8-6-12(18)7-9-13/h2-9,14H,10-11H2,1H3. The molecule has 1 aliphatic heterocycles. The van der Waals surface area contributed by atoms with Gasteiger partial charge in [-0.2, -0.15) is 0 Å². The molecular weight excluding hydrogens is 366 g/mol. The van der Waals surface area contributed by atoms with E-state index in [1.807, 2.05) is 24.5 Å². The topological polar surface area (TPSA) is 54.5 Å². The number of carbonyl (C=O) groups is 1. The summed E-state index contributed by atoms with van der Waals surface area (Å²) in [6.07, 6.45) is 1.91. The van der Waals surface area contributed by atoms with Crippen LogP contribution in [0.5, 0.6) is 0 Å². The Hall–Kier alpha value is -1.50. The van der Waals surface area contributed by atoms with Crippen LogP contribution in [-0.4, -0.2) is 43.8 Å². The third-order valence-corrected chi connectivity index (χ3v) is 7.21. The van der Waals surface area contributed by atoms with E-state index >= 15 is 0 Å². The Labute approximate surface area is 150 Å². The van der Waals surface area contributed by atoms with Crippen molar-refractivity contribution in [3.05, 3.63) is 59.1 Å². The van der Waals surface area contributed by atoms with Crippen LogP contribution in [0, 0.1) is 0 Å². The smallest absolute Gasteiger partial charge is 0.255 e. The zero-order chi connectivity index (χ0) is 17.3. The molecule has 1 fully saturated rings. The van der Waals surface area contributed by atoms with Crippen molar-refractivity contribution in [1.82, 2.24) is 4.90 Å². The highest BCUT2D eigenvalue weighted by Gasteiger charge is 2.41. The van der Waals surface area contributed by atoms with E-state index in [1.54, 1.807) is 23.1 Å². The molecule has 7 heteroatoms. The number of carbonyl (C=O) groups excluding carboxylic acids is 1. The Morgan fingerprint density at radius 1 is 1.12 bits per heavy atom. The van der Waals surface area contributed by atoms with E-state index in [1.165, 1.54) is 23.9 Å².